The molecule has 14 heavy (non-hydrogen) atoms. The van der Waals surface area contributed by atoms with Gasteiger partial charge in [0.1, 0.15) is 0 Å². The summed E-state index contributed by atoms with van der Waals surface area (Å²) in [5.74, 6) is 0.553. The van der Waals surface area contributed by atoms with Gasteiger partial charge in [0.25, 0.3) is 0 Å². The molecule has 1 rings (SSSR count). The summed E-state index contributed by atoms with van der Waals surface area (Å²) >= 11 is 0. The zero-order valence-corrected chi connectivity index (χ0v) is 9.08. The first-order valence-corrected chi connectivity index (χ1v) is 4.94. The molecule has 0 amide bonds. The van der Waals surface area contributed by atoms with Crippen LogP contribution in [0.4, 0.5) is 0 Å². The average molecular weight is 194 g/mol. The highest BCUT2D eigenvalue weighted by atomic mass is 16.6. The number of aromatic nitrogens is 1. The van der Waals surface area contributed by atoms with Crippen LogP contribution in [0, 0.1) is 12.8 Å². The fourth-order valence-electron chi connectivity index (χ4n) is 1.04. The molecule has 1 aromatic heterocycles. The van der Waals surface area contributed by atoms with E-state index in [9.17, 15) is 0 Å². The Morgan fingerprint density at radius 2 is 2.29 bits per heavy atom. The van der Waals surface area contributed by atoms with Crippen molar-refractivity contribution in [1.82, 2.24) is 10.5 Å². The van der Waals surface area contributed by atoms with E-state index >= 15 is 0 Å². The van der Waals surface area contributed by atoms with Gasteiger partial charge in [-0.25, -0.2) is 0 Å². The molecule has 1 heterocycles. The minimum Gasteiger partial charge on any atom is -0.301 e. The van der Waals surface area contributed by atoms with E-state index in [1.807, 2.05) is 12.3 Å². The van der Waals surface area contributed by atoms with Crippen molar-refractivity contribution in [3.8, 4) is 0 Å². The molecule has 0 spiro atoms. The zero-order chi connectivity index (χ0) is 10.4. The Morgan fingerprint density at radius 1 is 1.50 bits per heavy atom. The maximum Gasteiger partial charge on any atom is 0.0705 e. The van der Waals surface area contributed by atoms with Crippen molar-refractivity contribution in [2.75, 3.05) is 6.61 Å². The summed E-state index contributed by atoms with van der Waals surface area (Å²) in [6.45, 7) is 7.76. The van der Waals surface area contributed by atoms with Gasteiger partial charge < -0.3 is 4.84 Å². The van der Waals surface area contributed by atoms with Gasteiger partial charge in [0.05, 0.1) is 6.61 Å². The summed E-state index contributed by atoms with van der Waals surface area (Å²) in [7, 11) is 0. The molecule has 0 radical (unpaired) electrons. The van der Waals surface area contributed by atoms with Crippen LogP contribution in [0.3, 0.4) is 0 Å². The predicted molar refractivity (Wildman–Crippen MR) is 56.6 cm³/mol. The van der Waals surface area contributed by atoms with Crippen LogP contribution in [0.25, 0.3) is 0 Å². The number of rotatable bonds is 5. The SMILES string of the molecule is Cc1ccncc1CNOCC(C)C. The van der Waals surface area contributed by atoms with Crippen molar-refractivity contribution < 1.29 is 4.84 Å². The van der Waals surface area contributed by atoms with E-state index < -0.39 is 0 Å². The van der Waals surface area contributed by atoms with Gasteiger partial charge in [-0.05, 0) is 30.0 Å². The van der Waals surface area contributed by atoms with E-state index in [-0.39, 0.29) is 0 Å². The lowest BCUT2D eigenvalue weighted by Gasteiger charge is -2.08. The van der Waals surface area contributed by atoms with Gasteiger partial charge in [0.2, 0.25) is 0 Å². The van der Waals surface area contributed by atoms with Crippen LogP contribution in [0.5, 0.6) is 0 Å². The minimum atomic E-state index is 0.553. The van der Waals surface area contributed by atoms with Gasteiger partial charge in [-0.2, -0.15) is 5.48 Å². The molecule has 0 atom stereocenters. The highest BCUT2D eigenvalue weighted by Gasteiger charge is 1.97. The molecule has 3 nitrogen and oxygen atoms in total. The molecule has 1 aromatic rings. The van der Waals surface area contributed by atoms with E-state index in [4.69, 9.17) is 4.84 Å². The Balaban J connectivity index is 2.28. The average Bonchev–Trinajstić information content (AvgIpc) is 2.15. The van der Waals surface area contributed by atoms with Crippen molar-refractivity contribution >= 4 is 0 Å². The van der Waals surface area contributed by atoms with Crippen molar-refractivity contribution in [2.45, 2.75) is 27.3 Å². The van der Waals surface area contributed by atoms with Crippen LogP contribution in [-0.4, -0.2) is 11.6 Å². The predicted octanol–water partition coefficient (Wildman–Crippen LogP) is 2.07. The van der Waals surface area contributed by atoms with Crippen LogP contribution in [0.1, 0.15) is 25.0 Å². The summed E-state index contributed by atoms with van der Waals surface area (Å²) in [6, 6.07) is 2.00. The molecule has 78 valence electrons. The lowest BCUT2D eigenvalue weighted by atomic mass is 10.2. The highest BCUT2D eigenvalue weighted by molar-refractivity contribution is 5.20. The van der Waals surface area contributed by atoms with Crippen LogP contribution >= 0.6 is 0 Å². The lowest BCUT2D eigenvalue weighted by molar-refractivity contribution is 0.0195. The number of nitrogens with one attached hydrogen (secondary N) is 1. The van der Waals surface area contributed by atoms with Gasteiger partial charge in [-0.15, -0.1) is 0 Å². The molecule has 0 aromatic carbocycles. The summed E-state index contributed by atoms with van der Waals surface area (Å²) in [6.07, 6.45) is 3.66. The Kier molecular flexibility index (Phi) is 4.56. The first-order valence-electron chi connectivity index (χ1n) is 4.94. The summed E-state index contributed by atoms with van der Waals surface area (Å²) < 4.78 is 0. The van der Waals surface area contributed by atoms with Gasteiger partial charge in [-0.3, -0.25) is 4.98 Å². The smallest absolute Gasteiger partial charge is 0.0705 e. The molecule has 3 heteroatoms. The lowest BCUT2D eigenvalue weighted by Crippen LogP contribution is -2.18. The Bertz CT molecular complexity index is 274. The Labute approximate surface area is 85.5 Å². The minimum absolute atomic E-state index is 0.553. The van der Waals surface area contributed by atoms with Gasteiger partial charge in [0, 0.05) is 18.9 Å². The highest BCUT2D eigenvalue weighted by Crippen LogP contribution is 2.03. The number of aryl methyl sites for hydroxylation is 1. The standard InChI is InChI=1S/C11H18N2O/c1-9(2)8-14-13-7-11-6-12-5-4-10(11)3/h4-6,9,13H,7-8H2,1-3H3. The second-order valence-corrected chi connectivity index (χ2v) is 3.83. The largest absolute Gasteiger partial charge is 0.301 e. The third-order valence-corrected chi connectivity index (χ3v) is 1.93. The number of pyridine rings is 1. The summed E-state index contributed by atoms with van der Waals surface area (Å²) in [4.78, 5) is 9.34. The maximum atomic E-state index is 5.28. The topological polar surface area (TPSA) is 34.2 Å². The first kappa shape index (κ1) is 11.1. The van der Waals surface area contributed by atoms with E-state index in [1.54, 1.807) is 6.20 Å². The second-order valence-electron chi connectivity index (χ2n) is 3.83. The molecule has 0 fully saturated rings. The number of nitrogens with zero attached hydrogens (tertiary/aromatic N) is 1. The molecule has 0 bridgehead atoms. The van der Waals surface area contributed by atoms with E-state index in [0.717, 1.165) is 6.61 Å². The molecule has 0 saturated carbocycles. The zero-order valence-electron chi connectivity index (χ0n) is 9.08. The normalized spacial score (nSPS) is 10.9. The van der Waals surface area contributed by atoms with Gasteiger partial charge >= 0.3 is 0 Å². The maximum absolute atomic E-state index is 5.28. The van der Waals surface area contributed by atoms with E-state index in [0.29, 0.717) is 12.5 Å². The molecule has 0 unspecified atom stereocenters. The van der Waals surface area contributed by atoms with Crippen molar-refractivity contribution in [3.63, 3.8) is 0 Å². The number of hydrogen-bond acceptors (Lipinski definition) is 3. The van der Waals surface area contributed by atoms with Gasteiger partial charge in [-0.1, -0.05) is 13.8 Å². The van der Waals surface area contributed by atoms with Crippen molar-refractivity contribution in [2.24, 2.45) is 5.92 Å². The third kappa shape index (κ3) is 3.85. The number of hydrogen-bond donors (Lipinski definition) is 1. The van der Waals surface area contributed by atoms with Crippen molar-refractivity contribution in [3.05, 3.63) is 29.6 Å². The summed E-state index contributed by atoms with van der Waals surface area (Å²) in [5.41, 5.74) is 5.35. The van der Waals surface area contributed by atoms with Crippen molar-refractivity contribution in [1.29, 1.82) is 0 Å². The molecular formula is C11H18N2O. The van der Waals surface area contributed by atoms with Gasteiger partial charge in [0.15, 0.2) is 0 Å². The Morgan fingerprint density at radius 3 is 2.93 bits per heavy atom. The van der Waals surface area contributed by atoms with Crippen LogP contribution in [0.2, 0.25) is 0 Å². The molecule has 0 aliphatic carbocycles. The van der Waals surface area contributed by atoms with Crippen LogP contribution in [0.15, 0.2) is 18.5 Å². The molecular weight excluding hydrogens is 176 g/mol. The summed E-state index contributed by atoms with van der Waals surface area (Å²) in [5, 5.41) is 0. The second kappa shape index (κ2) is 5.73. The fraction of sp³-hybridized carbons (Fsp3) is 0.545. The fourth-order valence-corrected chi connectivity index (χ4v) is 1.04. The molecule has 0 saturated heterocycles. The molecule has 0 aliphatic rings. The first-order chi connectivity index (χ1) is 6.70. The van der Waals surface area contributed by atoms with Crippen LogP contribution in [-0.2, 0) is 11.4 Å². The van der Waals surface area contributed by atoms with E-state index in [1.165, 1.54) is 11.1 Å². The molecule has 0 aliphatic heterocycles. The quantitative estimate of drug-likeness (QED) is 0.575. The number of hydroxylamine groups is 1. The Hall–Kier alpha value is -0.930. The van der Waals surface area contributed by atoms with E-state index in [2.05, 4.69) is 31.2 Å². The monoisotopic (exact) mass is 194 g/mol. The molecule has 1 N–H and O–H groups in total. The van der Waals surface area contributed by atoms with Crippen LogP contribution < -0.4 is 5.48 Å². The third-order valence-electron chi connectivity index (χ3n) is 1.93.